The van der Waals surface area contributed by atoms with Crippen molar-refractivity contribution in [1.29, 1.82) is 0 Å². The van der Waals surface area contributed by atoms with Gasteiger partial charge in [-0.3, -0.25) is 10.1 Å². The number of aromatic nitrogens is 2. The summed E-state index contributed by atoms with van der Waals surface area (Å²) in [4.78, 5) is 15.6. The van der Waals surface area contributed by atoms with E-state index in [4.69, 9.17) is 0 Å². The van der Waals surface area contributed by atoms with Crippen molar-refractivity contribution in [2.75, 3.05) is 0 Å². The number of aryl methyl sites for hydroxylation is 1. The zero-order valence-electron chi connectivity index (χ0n) is 11.5. The van der Waals surface area contributed by atoms with Gasteiger partial charge in [-0.15, -0.1) is 0 Å². The topological polar surface area (TPSA) is 67.2 Å². The Balaban J connectivity index is 2.10. The van der Waals surface area contributed by atoms with Crippen molar-refractivity contribution < 1.29 is 9.90 Å². The molecule has 5 nitrogen and oxygen atoms in total. The molecule has 2 rings (SSSR count). The molecule has 0 aliphatic heterocycles. The Kier molecular flexibility index (Phi) is 4.96. The van der Waals surface area contributed by atoms with Crippen molar-refractivity contribution in [2.45, 2.75) is 64.1 Å². The fourth-order valence-electron chi connectivity index (χ4n) is 2.79. The predicted molar refractivity (Wildman–Crippen MR) is 72.9 cm³/mol. The largest absolute Gasteiger partial charge is 0.480 e. The molecule has 0 amide bonds. The molecule has 0 spiro atoms. The Morgan fingerprint density at radius 2 is 2.26 bits per heavy atom. The third kappa shape index (κ3) is 3.56. The summed E-state index contributed by atoms with van der Waals surface area (Å²) < 4.78 is 1.94. The van der Waals surface area contributed by atoms with E-state index in [1.807, 2.05) is 4.57 Å². The molecule has 106 valence electrons. The van der Waals surface area contributed by atoms with Gasteiger partial charge in [-0.05, 0) is 19.3 Å². The summed E-state index contributed by atoms with van der Waals surface area (Å²) in [7, 11) is 0. The van der Waals surface area contributed by atoms with Crippen molar-refractivity contribution in [3.63, 3.8) is 0 Å². The number of aliphatic carboxylic acids is 1. The lowest BCUT2D eigenvalue weighted by atomic mass is 9.94. The molecular weight excluding hydrogens is 242 g/mol. The predicted octanol–water partition coefficient (Wildman–Crippen LogP) is 2.34. The van der Waals surface area contributed by atoms with Crippen molar-refractivity contribution in [2.24, 2.45) is 0 Å². The summed E-state index contributed by atoms with van der Waals surface area (Å²) in [5, 5.41) is 12.8. The SMILES string of the molecule is CCCn1cncc1C(NC1CCCCC1)C(=O)O. The van der Waals surface area contributed by atoms with Crippen LogP contribution in [0.25, 0.3) is 0 Å². The van der Waals surface area contributed by atoms with E-state index in [0.29, 0.717) is 6.04 Å². The van der Waals surface area contributed by atoms with Crippen molar-refractivity contribution in [1.82, 2.24) is 14.9 Å². The Morgan fingerprint density at radius 1 is 1.53 bits per heavy atom. The zero-order valence-corrected chi connectivity index (χ0v) is 11.5. The Morgan fingerprint density at radius 3 is 2.89 bits per heavy atom. The van der Waals surface area contributed by atoms with Crippen LogP contribution in [-0.4, -0.2) is 26.7 Å². The van der Waals surface area contributed by atoms with E-state index in [1.165, 1.54) is 19.3 Å². The monoisotopic (exact) mass is 265 g/mol. The second-order valence-corrected chi connectivity index (χ2v) is 5.28. The molecule has 5 heteroatoms. The summed E-state index contributed by atoms with van der Waals surface area (Å²) in [6.45, 7) is 2.89. The minimum Gasteiger partial charge on any atom is -0.480 e. The third-order valence-corrected chi connectivity index (χ3v) is 3.76. The van der Waals surface area contributed by atoms with Gasteiger partial charge in [0.25, 0.3) is 0 Å². The maximum atomic E-state index is 11.5. The highest BCUT2D eigenvalue weighted by molar-refractivity contribution is 5.74. The van der Waals surface area contributed by atoms with Crippen molar-refractivity contribution in [3.05, 3.63) is 18.2 Å². The van der Waals surface area contributed by atoms with Crippen LogP contribution in [0.15, 0.2) is 12.5 Å². The minimum absolute atomic E-state index is 0.319. The number of hydrogen-bond donors (Lipinski definition) is 2. The van der Waals surface area contributed by atoms with Crippen LogP contribution < -0.4 is 5.32 Å². The summed E-state index contributed by atoms with van der Waals surface area (Å²) in [5.41, 5.74) is 0.764. The Labute approximate surface area is 114 Å². The highest BCUT2D eigenvalue weighted by Gasteiger charge is 2.26. The molecular formula is C14H23N3O2. The van der Waals surface area contributed by atoms with Gasteiger partial charge in [0.05, 0.1) is 18.2 Å². The number of rotatable bonds is 6. The van der Waals surface area contributed by atoms with E-state index in [-0.39, 0.29) is 0 Å². The molecule has 1 heterocycles. The first-order valence-electron chi connectivity index (χ1n) is 7.21. The zero-order chi connectivity index (χ0) is 13.7. The number of nitrogens with zero attached hydrogens (tertiary/aromatic N) is 2. The molecule has 1 unspecified atom stereocenters. The molecule has 0 radical (unpaired) electrons. The van der Waals surface area contributed by atoms with Gasteiger partial charge in [0.1, 0.15) is 6.04 Å². The summed E-state index contributed by atoms with van der Waals surface area (Å²) in [5.74, 6) is -0.816. The van der Waals surface area contributed by atoms with Crippen LogP contribution in [0.2, 0.25) is 0 Å². The van der Waals surface area contributed by atoms with E-state index >= 15 is 0 Å². The van der Waals surface area contributed by atoms with Crippen LogP contribution in [-0.2, 0) is 11.3 Å². The first-order valence-corrected chi connectivity index (χ1v) is 7.21. The summed E-state index contributed by atoms with van der Waals surface area (Å²) >= 11 is 0. The minimum atomic E-state index is -0.816. The highest BCUT2D eigenvalue weighted by atomic mass is 16.4. The molecule has 1 atom stereocenters. The van der Waals surface area contributed by atoms with E-state index in [9.17, 15) is 9.90 Å². The molecule has 1 aromatic rings. The number of imidazole rings is 1. The Hall–Kier alpha value is -1.36. The molecule has 1 aromatic heterocycles. The van der Waals surface area contributed by atoms with E-state index in [2.05, 4.69) is 17.2 Å². The summed E-state index contributed by atoms with van der Waals surface area (Å²) in [6, 6.07) is -0.322. The number of carboxylic acid groups (broad SMARTS) is 1. The number of carbonyl (C=O) groups is 1. The Bertz CT molecular complexity index is 411. The lowest BCUT2D eigenvalue weighted by molar-refractivity contribution is -0.140. The van der Waals surface area contributed by atoms with Crippen molar-refractivity contribution >= 4 is 5.97 Å². The first kappa shape index (κ1) is 14.1. The van der Waals surface area contributed by atoms with Gasteiger partial charge in [-0.1, -0.05) is 26.2 Å². The molecule has 1 saturated carbocycles. The maximum Gasteiger partial charge on any atom is 0.326 e. The average Bonchev–Trinajstić information content (AvgIpc) is 2.85. The normalized spacial score (nSPS) is 18.4. The quantitative estimate of drug-likeness (QED) is 0.828. The molecule has 0 saturated heterocycles. The molecule has 1 aliphatic rings. The lowest BCUT2D eigenvalue weighted by Crippen LogP contribution is -2.39. The van der Waals surface area contributed by atoms with Gasteiger partial charge >= 0.3 is 5.97 Å². The van der Waals surface area contributed by atoms with Crippen LogP contribution in [0, 0.1) is 0 Å². The summed E-state index contributed by atoms with van der Waals surface area (Å²) in [6.07, 6.45) is 10.2. The van der Waals surface area contributed by atoms with E-state index in [1.54, 1.807) is 12.5 Å². The fourth-order valence-corrected chi connectivity index (χ4v) is 2.79. The molecule has 2 N–H and O–H groups in total. The molecule has 1 fully saturated rings. The molecule has 0 aromatic carbocycles. The number of hydrogen-bond acceptors (Lipinski definition) is 3. The van der Waals surface area contributed by atoms with Gasteiger partial charge < -0.3 is 9.67 Å². The van der Waals surface area contributed by atoms with Crippen LogP contribution in [0.1, 0.15) is 57.2 Å². The second-order valence-electron chi connectivity index (χ2n) is 5.28. The van der Waals surface area contributed by atoms with Gasteiger partial charge in [-0.2, -0.15) is 0 Å². The van der Waals surface area contributed by atoms with Gasteiger partial charge in [-0.25, -0.2) is 4.98 Å². The first-order chi connectivity index (χ1) is 9.22. The van der Waals surface area contributed by atoms with Crippen molar-refractivity contribution in [3.8, 4) is 0 Å². The third-order valence-electron chi connectivity index (χ3n) is 3.76. The van der Waals surface area contributed by atoms with Crippen LogP contribution in [0.4, 0.5) is 0 Å². The number of carboxylic acids is 1. The van der Waals surface area contributed by atoms with Crippen LogP contribution >= 0.6 is 0 Å². The smallest absolute Gasteiger partial charge is 0.326 e. The van der Waals surface area contributed by atoms with Gasteiger partial charge in [0, 0.05) is 12.6 Å². The van der Waals surface area contributed by atoms with Gasteiger partial charge in [0.15, 0.2) is 0 Å². The average molecular weight is 265 g/mol. The highest BCUT2D eigenvalue weighted by Crippen LogP contribution is 2.22. The van der Waals surface area contributed by atoms with E-state index < -0.39 is 12.0 Å². The molecule has 1 aliphatic carbocycles. The van der Waals surface area contributed by atoms with Gasteiger partial charge in [0.2, 0.25) is 0 Å². The van der Waals surface area contributed by atoms with Crippen LogP contribution in [0.3, 0.4) is 0 Å². The van der Waals surface area contributed by atoms with E-state index in [0.717, 1.165) is 31.5 Å². The fraction of sp³-hybridized carbons (Fsp3) is 0.714. The second kappa shape index (κ2) is 6.70. The standard InChI is InChI=1S/C14H23N3O2/c1-2-8-17-10-15-9-12(17)13(14(18)19)16-11-6-4-3-5-7-11/h9-11,13,16H,2-8H2,1H3,(H,18,19). The lowest BCUT2D eigenvalue weighted by Gasteiger charge is -2.26. The molecule has 19 heavy (non-hydrogen) atoms. The maximum absolute atomic E-state index is 11.5. The number of nitrogens with one attached hydrogen (secondary N) is 1. The van der Waals surface area contributed by atoms with Crippen LogP contribution in [0.5, 0.6) is 0 Å². The molecule has 0 bridgehead atoms.